The van der Waals surface area contributed by atoms with E-state index in [0.29, 0.717) is 49.8 Å². The first-order chi connectivity index (χ1) is 26.5. The van der Waals surface area contributed by atoms with Gasteiger partial charge in [-0.2, -0.15) is 44.8 Å². The number of hydrogen-bond acceptors (Lipinski definition) is 9. The molecule has 5 rings (SSSR count). The minimum Gasteiger partial charge on any atom is -0.477 e. The van der Waals surface area contributed by atoms with Crippen molar-refractivity contribution in [2.24, 2.45) is 0 Å². The molecule has 2 aliphatic heterocycles. The first-order valence-corrected chi connectivity index (χ1v) is 16.8. The minimum atomic E-state index is -5.08. The van der Waals surface area contributed by atoms with Gasteiger partial charge in [0.2, 0.25) is 5.88 Å². The molecule has 0 unspecified atom stereocenters. The number of nitrogens with one attached hydrogen (secondary N) is 2. The summed E-state index contributed by atoms with van der Waals surface area (Å²) in [4.78, 5) is 44.2. The van der Waals surface area contributed by atoms with Crippen molar-refractivity contribution in [2.45, 2.75) is 56.3 Å². The molecule has 4 N–H and O–H groups in total. The lowest BCUT2D eigenvalue weighted by Gasteiger charge is -2.43. The molecule has 0 radical (unpaired) electrons. The zero-order valence-electron chi connectivity index (χ0n) is 30.1. The number of rotatable bonds is 7. The van der Waals surface area contributed by atoms with Crippen LogP contribution in [0.2, 0.25) is 0 Å². The van der Waals surface area contributed by atoms with Gasteiger partial charge in [-0.05, 0) is 81.7 Å². The Balaban J connectivity index is 0.000000531. The van der Waals surface area contributed by atoms with E-state index >= 15 is 0 Å². The van der Waals surface area contributed by atoms with Gasteiger partial charge in [0.15, 0.2) is 0 Å². The first-order valence-electron chi connectivity index (χ1n) is 16.8. The number of pyridine rings is 2. The molecule has 2 aromatic heterocycles. The lowest BCUT2D eigenvalue weighted by molar-refractivity contribution is -0.193. The number of carboxylic acid groups (broad SMARTS) is 2. The van der Waals surface area contributed by atoms with Crippen LogP contribution in [0.3, 0.4) is 0 Å². The van der Waals surface area contributed by atoms with E-state index in [1.54, 1.807) is 12.4 Å². The van der Waals surface area contributed by atoms with E-state index < -0.39 is 41.6 Å². The minimum absolute atomic E-state index is 0.0361. The van der Waals surface area contributed by atoms with Crippen molar-refractivity contribution in [1.29, 1.82) is 5.26 Å². The molecule has 2 saturated heterocycles. The molecule has 0 spiro atoms. The number of piperidine rings is 1. The van der Waals surface area contributed by atoms with Crippen LogP contribution in [0.25, 0.3) is 11.3 Å². The number of nitriles is 1. The number of likely N-dealkylation sites (tertiary alicyclic amines) is 1. The van der Waals surface area contributed by atoms with Crippen LogP contribution >= 0.6 is 0 Å². The third-order valence-corrected chi connectivity index (χ3v) is 8.61. The summed E-state index contributed by atoms with van der Waals surface area (Å²) in [6.45, 7) is 4.84. The van der Waals surface area contributed by atoms with Gasteiger partial charge in [-0.1, -0.05) is 6.07 Å². The Bertz CT molecular complexity index is 1870. The highest BCUT2D eigenvalue weighted by Gasteiger charge is 2.41. The van der Waals surface area contributed by atoms with Crippen molar-refractivity contribution in [3.63, 3.8) is 0 Å². The number of carboxylic acids is 2. The number of alkyl halides is 9. The van der Waals surface area contributed by atoms with Crippen LogP contribution in [-0.4, -0.2) is 101 Å². The van der Waals surface area contributed by atoms with Gasteiger partial charge in [-0.3, -0.25) is 4.98 Å². The molecule has 2 amide bonds. The maximum atomic E-state index is 13.3. The summed E-state index contributed by atoms with van der Waals surface area (Å²) in [5.41, 5.74) is 0.998. The molecule has 57 heavy (non-hydrogen) atoms. The number of amides is 2. The molecule has 0 saturated carbocycles. The Morgan fingerprint density at radius 1 is 0.947 bits per heavy atom. The zero-order chi connectivity index (χ0) is 42.8. The maximum Gasteiger partial charge on any atom is 0.490 e. The van der Waals surface area contributed by atoms with E-state index in [1.165, 1.54) is 6.07 Å². The number of hydrogen-bond donors (Lipinski definition) is 4. The number of aliphatic carboxylic acids is 2. The Morgan fingerprint density at radius 2 is 1.56 bits per heavy atom. The number of carbonyl (C=O) groups excluding carboxylic acids is 1. The highest BCUT2D eigenvalue weighted by Crippen LogP contribution is 2.38. The van der Waals surface area contributed by atoms with Gasteiger partial charge in [-0.25, -0.2) is 19.4 Å². The fourth-order valence-corrected chi connectivity index (χ4v) is 5.86. The quantitative estimate of drug-likeness (QED) is 0.199. The van der Waals surface area contributed by atoms with Gasteiger partial charge in [0.1, 0.15) is 6.07 Å². The number of carbonyl (C=O) groups is 3. The molecule has 2 fully saturated rings. The van der Waals surface area contributed by atoms with E-state index in [1.807, 2.05) is 49.2 Å². The number of urea groups is 1. The normalized spacial score (nSPS) is 16.8. The van der Waals surface area contributed by atoms with Crippen molar-refractivity contribution in [3.8, 4) is 23.2 Å². The van der Waals surface area contributed by atoms with Crippen LogP contribution in [0, 0.1) is 11.3 Å². The largest absolute Gasteiger partial charge is 0.490 e. The first kappa shape index (κ1) is 45.5. The number of anilines is 1. The third kappa shape index (κ3) is 12.8. The van der Waals surface area contributed by atoms with Gasteiger partial charge in [0.25, 0.3) is 0 Å². The number of likely N-dealkylation sites (N-methyl/N-ethyl adjacent to an activating group) is 1. The van der Waals surface area contributed by atoms with Gasteiger partial charge >= 0.3 is 36.5 Å². The predicted molar refractivity (Wildman–Crippen MR) is 183 cm³/mol. The van der Waals surface area contributed by atoms with E-state index in [4.69, 9.17) is 29.5 Å². The Kier molecular flexibility index (Phi) is 15.1. The summed E-state index contributed by atoms with van der Waals surface area (Å²) in [5.74, 6) is -5.03. The fraction of sp³-hybridized carbons (Fsp3) is 0.429. The number of aromatic nitrogens is 2. The summed E-state index contributed by atoms with van der Waals surface area (Å²) in [6.07, 6.45) is -9.53. The van der Waals surface area contributed by atoms with E-state index in [9.17, 15) is 49.6 Å². The van der Waals surface area contributed by atoms with Crippen molar-refractivity contribution >= 4 is 23.7 Å². The molecular weight excluding hydrogens is 785 g/mol. The summed E-state index contributed by atoms with van der Waals surface area (Å²) >= 11 is 0. The molecule has 2 aliphatic rings. The second-order valence-electron chi connectivity index (χ2n) is 12.6. The average molecular weight is 822 g/mol. The van der Waals surface area contributed by atoms with Crippen LogP contribution in [0.15, 0.2) is 54.9 Å². The predicted octanol–water partition coefficient (Wildman–Crippen LogP) is 6.20. The van der Waals surface area contributed by atoms with Crippen LogP contribution in [0.4, 0.5) is 50.0 Å². The molecule has 3 aromatic rings. The highest BCUT2D eigenvalue weighted by molar-refractivity contribution is 5.76. The topological polar surface area (TPSA) is 181 Å². The second kappa shape index (κ2) is 18.9. The van der Waals surface area contributed by atoms with Crippen molar-refractivity contribution in [3.05, 3.63) is 71.5 Å². The van der Waals surface area contributed by atoms with Crippen LogP contribution in [0.1, 0.15) is 42.9 Å². The SMILES string of the molecule is CCOc1ncccc1-c1ccc(C2(NC(=O)N[C@@H]3CCN(C)C3)CCN(c3ccc(C(F)(F)F)cc3C#N)CC2)cn1.O=C(O)C(F)(F)F.O=C(O)C(F)(F)F. The molecule has 22 heteroatoms. The van der Waals surface area contributed by atoms with Crippen molar-refractivity contribution in [2.75, 3.05) is 44.7 Å². The summed E-state index contributed by atoms with van der Waals surface area (Å²) in [5, 5.41) is 30.2. The third-order valence-electron chi connectivity index (χ3n) is 8.61. The summed E-state index contributed by atoms with van der Waals surface area (Å²) in [7, 11) is 2.01. The molecule has 1 aromatic carbocycles. The molecule has 0 aliphatic carbocycles. The van der Waals surface area contributed by atoms with Crippen molar-refractivity contribution < 1.29 is 68.8 Å². The zero-order valence-corrected chi connectivity index (χ0v) is 30.1. The number of benzene rings is 1. The van der Waals surface area contributed by atoms with Crippen LogP contribution in [-0.2, 0) is 21.3 Å². The van der Waals surface area contributed by atoms with Gasteiger partial charge < -0.3 is 35.4 Å². The van der Waals surface area contributed by atoms with E-state index in [2.05, 4.69) is 20.5 Å². The maximum absolute atomic E-state index is 13.3. The Morgan fingerprint density at radius 3 is 2.04 bits per heavy atom. The molecule has 0 bridgehead atoms. The average Bonchev–Trinajstić information content (AvgIpc) is 3.55. The lowest BCUT2D eigenvalue weighted by Crippen LogP contribution is -2.57. The monoisotopic (exact) mass is 821 g/mol. The fourth-order valence-electron chi connectivity index (χ4n) is 5.86. The molecule has 310 valence electrons. The number of nitrogens with zero attached hydrogens (tertiary/aromatic N) is 5. The van der Waals surface area contributed by atoms with Crippen LogP contribution in [0.5, 0.6) is 5.88 Å². The van der Waals surface area contributed by atoms with Gasteiger partial charge in [0, 0.05) is 38.1 Å². The standard InChI is InChI=1S/C31H34F3N7O2.2C2HF3O2/c1-3-43-28-25(5-4-13-36-28)26-8-6-23(19-37-26)30(39-29(42)38-24-10-14-40(2)20-24)11-15-41(16-12-30)27-9-7-22(31(32,33)34)17-21(27)18-35;2*3-2(4,5)1(6)7/h4-9,13,17,19,24H,3,10-12,14-16,20H2,1-2H3,(H2,38,39,42);2*(H,6,7)/t24-;;/m1../s1. The van der Waals surface area contributed by atoms with Gasteiger partial charge in [-0.15, -0.1) is 0 Å². The number of halogens is 9. The van der Waals surface area contributed by atoms with E-state index in [0.717, 1.165) is 42.8 Å². The molecular formula is C35H36F9N7O6. The second-order valence-corrected chi connectivity index (χ2v) is 12.6. The Hall–Kier alpha value is -5.85. The Labute approximate surface area is 319 Å². The van der Waals surface area contributed by atoms with Crippen LogP contribution < -0.4 is 20.3 Å². The highest BCUT2D eigenvalue weighted by atomic mass is 19.4. The number of ether oxygens (including phenoxy) is 1. The molecule has 1 atom stereocenters. The smallest absolute Gasteiger partial charge is 0.477 e. The summed E-state index contributed by atoms with van der Waals surface area (Å²) in [6, 6.07) is 12.4. The molecule has 4 heterocycles. The lowest BCUT2D eigenvalue weighted by atomic mass is 9.81. The van der Waals surface area contributed by atoms with Crippen molar-refractivity contribution in [1.82, 2.24) is 25.5 Å². The summed E-state index contributed by atoms with van der Waals surface area (Å²) < 4.78 is 109. The van der Waals surface area contributed by atoms with E-state index in [-0.39, 0.29) is 17.6 Å². The molecule has 13 nitrogen and oxygen atoms in total. The van der Waals surface area contributed by atoms with Gasteiger partial charge in [0.05, 0.1) is 40.2 Å².